The number of imide groups is 1. The lowest BCUT2D eigenvalue weighted by atomic mass is 9.86. The Morgan fingerprint density at radius 3 is 2.43 bits per heavy atom. The Balaban J connectivity index is 0.932. The lowest BCUT2D eigenvalue weighted by Crippen LogP contribution is -2.40. The number of alkyl halides is 3. The van der Waals surface area contributed by atoms with E-state index in [4.69, 9.17) is 14.6 Å². The molecule has 0 unspecified atom stereocenters. The van der Waals surface area contributed by atoms with Gasteiger partial charge in [-0.05, 0) is 93.1 Å². The molecule has 3 aromatic carbocycles. The first-order valence-corrected chi connectivity index (χ1v) is 19.5. The molecular formula is C43H45F3N8O7. The Bertz CT molecular complexity index is 2410. The zero-order valence-corrected chi connectivity index (χ0v) is 33.7. The average Bonchev–Trinajstić information content (AvgIpc) is 3.65. The van der Waals surface area contributed by atoms with Gasteiger partial charge < -0.3 is 30.3 Å². The first-order chi connectivity index (χ1) is 29.2. The Labute approximate surface area is 349 Å². The molecule has 0 bridgehead atoms. The number of methoxy groups -OCH3 is 1. The lowest BCUT2D eigenvalue weighted by Gasteiger charge is -2.31. The molecule has 0 saturated heterocycles. The maximum absolute atomic E-state index is 13.2. The SMILES string of the molecule is COc1cc2nn(C3CCC(CN(C)CCNC(=O)NCc4cccc(Oc5cccc(C)c5C(=O)NC(=O)C=O)c4)CC3)cc2cc1NC(=O)c1cccc(C(F)(F)F)n1. The number of ether oxygens (including phenoxy) is 2. The van der Waals surface area contributed by atoms with Crippen LogP contribution in [-0.4, -0.2) is 83.5 Å². The van der Waals surface area contributed by atoms with Crippen molar-refractivity contribution in [3.63, 3.8) is 0 Å². The Morgan fingerprint density at radius 2 is 1.69 bits per heavy atom. The van der Waals surface area contributed by atoms with Gasteiger partial charge in [0.15, 0.2) is 0 Å². The van der Waals surface area contributed by atoms with Crippen molar-refractivity contribution in [3.8, 4) is 17.2 Å². The smallest absolute Gasteiger partial charge is 0.433 e. The number of aldehydes is 1. The van der Waals surface area contributed by atoms with E-state index < -0.39 is 29.6 Å². The quantitative estimate of drug-likeness (QED) is 0.0677. The number of rotatable bonds is 15. The molecule has 15 nitrogen and oxygen atoms in total. The number of pyridine rings is 1. The third kappa shape index (κ3) is 11.5. The molecule has 5 amide bonds. The van der Waals surface area contributed by atoms with E-state index in [1.165, 1.54) is 13.2 Å². The lowest BCUT2D eigenvalue weighted by molar-refractivity contribution is -0.141. The normalized spacial score (nSPS) is 15.2. The van der Waals surface area contributed by atoms with Crippen LogP contribution in [0, 0.1) is 12.8 Å². The van der Waals surface area contributed by atoms with Crippen LogP contribution < -0.4 is 30.7 Å². The largest absolute Gasteiger partial charge is 0.494 e. The van der Waals surface area contributed by atoms with Crippen molar-refractivity contribution in [3.05, 3.63) is 107 Å². The fourth-order valence-electron chi connectivity index (χ4n) is 7.23. The first-order valence-electron chi connectivity index (χ1n) is 19.5. The molecule has 1 saturated carbocycles. The summed E-state index contributed by atoms with van der Waals surface area (Å²) in [7, 11) is 3.45. The molecule has 1 fully saturated rings. The van der Waals surface area contributed by atoms with Crippen LogP contribution in [0.15, 0.2) is 79.0 Å². The van der Waals surface area contributed by atoms with Gasteiger partial charge in [-0.2, -0.15) is 18.3 Å². The van der Waals surface area contributed by atoms with Gasteiger partial charge in [0.1, 0.15) is 28.6 Å². The van der Waals surface area contributed by atoms with Crippen molar-refractivity contribution in [1.29, 1.82) is 0 Å². The molecule has 61 heavy (non-hydrogen) atoms. The van der Waals surface area contributed by atoms with Crippen LogP contribution in [0.5, 0.6) is 17.2 Å². The van der Waals surface area contributed by atoms with Crippen molar-refractivity contribution in [2.45, 2.75) is 51.4 Å². The van der Waals surface area contributed by atoms with Gasteiger partial charge in [-0.1, -0.05) is 30.3 Å². The van der Waals surface area contributed by atoms with E-state index in [1.807, 2.05) is 29.3 Å². The molecule has 18 heteroatoms. The third-order valence-corrected chi connectivity index (χ3v) is 10.3. The monoisotopic (exact) mass is 842 g/mol. The topological polar surface area (TPSA) is 186 Å². The Hall–Kier alpha value is -6.82. The fourth-order valence-corrected chi connectivity index (χ4v) is 7.23. The maximum Gasteiger partial charge on any atom is 0.433 e. The van der Waals surface area contributed by atoms with Crippen molar-refractivity contribution >= 4 is 46.6 Å². The van der Waals surface area contributed by atoms with Gasteiger partial charge in [0.2, 0.25) is 6.29 Å². The highest BCUT2D eigenvalue weighted by Crippen LogP contribution is 2.36. The average molecular weight is 843 g/mol. The predicted octanol–water partition coefficient (Wildman–Crippen LogP) is 6.43. The number of halogens is 3. The minimum atomic E-state index is -4.68. The summed E-state index contributed by atoms with van der Waals surface area (Å²) in [6.45, 7) is 3.85. The predicted molar refractivity (Wildman–Crippen MR) is 218 cm³/mol. The molecule has 2 heterocycles. The van der Waals surface area contributed by atoms with Crippen LogP contribution in [0.4, 0.5) is 23.7 Å². The van der Waals surface area contributed by atoms with Crippen LogP contribution in [0.3, 0.4) is 0 Å². The summed E-state index contributed by atoms with van der Waals surface area (Å²) in [5, 5.41) is 15.9. The molecule has 4 N–H and O–H groups in total. The standard InChI is InChI=1S/C43H45F3N8O7/c1-26-7-4-11-35(39(26)41(58)51-38(56)25-55)61-31-9-5-8-28(19-31)22-48-42(59)47-17-18-53(2)23-27-13-15-30(16-14-27)54-24-29-20-34(36(60-3)21-33(29)52-54)50-40(57)32-10-6-12-37(49-32)43(44,45)46/h4-12,19-21,24-25,27,30H,13-18,22-23H2,1-3H3,(H,50,57)(H2,47,48,59)(H,51,56,58). The number of hydrogen-bond acceptors (Lipinski definition) is 10. The number of urea groups is 1. The number of aromatic nitrogens is 3. The molecule has 0 radical (unpaired) electrons. The molecule has 0 aliphatic heterocycles. The number of nitrogens with zero attached hydrogens (tertiary/aromatic N) is 4. The molecule has 6 rings (SSSR count). The van der Waals surface area contributed by atoms with Gasteiger partial charge in [0.25, 0.3) is 17.7 Å². The van der Waals surface area contributed by atoms with E-state index in [0.717, 1.165) is 55.3 Å². The Kier molecular flexibility index (Phi) is 14.0. The van der Waals surface area contributed by atoms with Crippen molar-refractivity contribution < 1.29 is 46.6 Å². The van der Waals surface area contributed by atoms with Crippen molar-refractivity contribution in [2.24, 2.45) is 5.92 Å². The highest BCUT2D eigenvalue weighted by Gasteiger charge is 2.33. The fraction of sp³-hybridized carbons (Fsp3) is 0.326. The third-order valence-electron chi connectivity index (χ3n) is 10.3. The number of fused-ring (bicyclic) bond motifs is 1. The number of aryl methyl sites for hydroxylation is 1. The van der Waals surface area contributed by atoms with Gasteiger partial charge in [-0.3, -0.25) is 29.2 Å². The number of likely N-dealkylation sites (N-methyl/N-ethyl adjacent to an activating group) is 1. The summed E-state index contributed by atoms with van der Waals surface area (Å²) in [6.07, 6.45) is 1.01. The Morgan fingerprint density at radius 1 is 0.934 bits per heavy atom. The molecule has 320 valence electrons. The summed E-state index contributed by atoms with van der Waals surface area (Å²) in [4.78, 5) is 66.0. The van der Waals surface area contributed by atoms with Crippen LogP contribution in [0.1, 0.15) is 69.4 Å². The minimum Gasteiger partial charge on any atom is -0.494 e. The number of anilines is 1. The zero-order chi connectivity index (χ0) is 43.7. The van der Waals surface area contributed by atoms with E-state index in [9.17, 15) is 37.1 Å². The molecule has 0 spiro atoms. The molecule has 0 atom stereocenters. The summed E-state index contributed by atoms with van der Waals surface area (Å²) in [5.41, 5.74) is 0.824. The molecule has 1 aliphatic carbocycles. The van der Waals surface area contributed by atoms with Gasteiger partial charge in [-0.15, -0.1) is 0 Å². The molecule has 2 aromatic heterocycles. The minimum absolute atomic E-state index is 0.0184. The zero-order valence-electron chi connectivity index (χ0n) is 33.7. The summed E-state index contributed by atoms with van der Waals surface area (Å²) in [5.74, 6) is -1.24. The van der Waals surface area contributed by atoms with Crippen LogP contribution in [0.2, 0.25) is 0 Å². The number of carbonyl (C=O) groups is 5. The van der Waals surface area contributed by atoms with Crippen LogP contribution in [0.25, 0.3) is 10.9 Å². The molecular weight excluding hydrogens is 798 g/mol. The summed E-state index contributed by atoms with van der Waals surface area (Å²) >= 11 is 0. The number of nitrogens with one attached hydrogen (secondary N) is 4. The second-order valence-electron chi connectivity index (χ2n) is 14.8. The number of amides is 5. The second kappa shape index (κ2) is 19.5. The van der Waals surface area contributed by atoms with E-state index in [-0.39, 0.29) is 47.6 Å². The van der Waals surface area contributed by atoms with Crippen LogP contribution >= 0.6 is 0 Å². The van der Waals surface area contributed by atoms with Gasteiger partial charge >= 0.3 is 12.2 Å². The number of hydrogen-bond donors (Lipinski definition) is 4. The number of carbonyl (C=O) groups excluding carboxylic acids is 5. The molecule has 5 aromatic rings. The first kappa shape index (κ1) is 43.8. The van der Waals surface area contributed by atoms with E-state index >= 15 is 0 Å². The van der Waals surface area contributed by atoms with Crippen LogP contribution in [-0.2, 0) is 22.3 Å². The van der Waals surface area contributed by atoms with E-state index in [1.54, 1.807) is 55.5 Å². The maximum atomic E-state index is 13.2. The highest BCUT2D eigenvalue weighted by atomic mass is 19.4. The van der Waals surface area contributed by atoms with Gasteiger partial charge in [-0.25, -0.2) is 9.78 Å². The highest BCUT2D eigenvalue weighted by molar-refractivity contribution is 6.29. The molecule has 1 aliphatic rings. The van der Waals surface area contributed by atoms with E-state index in [0.29, 0.717) is 41.6 Å². The summed E-state index contributed by atoms with van der Waals surface area (Å²) in [6, 6.07) is 18.3. The van der Waals surface area contributed by atoms with E-state index in [2.05, 4.69) is 25.8 Å². The number of benzene rings is 3. The van der Waals surface area contributed by atoms with Crippen molar-refractivity contribution in [1.82, 2.24) is 35.6 Å². The van der Waals surface area contributed by atoms with Gasteiger partial charge in [0.05, 0.1) is 29.9 Å². The van der Waals surface area contributed by atoms with Gasteiger partial charge in [0, 0.05) is 43.8 Å². The van der Waals surface area contributed by atoms with Crippen molar-refractivity contribution in [2.75, 3.05) is 39.1 Å². The second-order valence-corrected chi connectivity index (χ2v) is 14.8. The summed E-state index contributed by atoms with van der Waals surface area (Å²) < 4.78 is 52.8.